The third-order valence-electron chi connectivity index (χ3n) is 4.55. The van der Waals surface area contributed by atoms with Gasteiger partial charge in [0.1, 0.15) is 6.04 Å². The lowest BCUT2D eigenvalue weighted by Crippen LogP contribution is -2.43. The van der Waals surface area contributed by atoms with Crippen LogP contribution in [0.4, 0.5) is 0 Å². The molecule has 2 atom stereocenters. The highest BCUT2D eigenvalue weighted by atomic mass is 16.7. The van der Waals surface area contributed by atoms with Gasteiger partial charge in [0.05, 0.1) is 0 Å². The van der Waals surface area contributed by atoms with E-state index in [2.05, 4.69) is 10.6 Å². The fraction of sp³-hybridized carbons (Fsp3) is 0.318. The number of aryl methyl sites for hydroxylation is 1. The van der Waals surface area contributed by atoms with Crippen LogP contribution in [0.3, 0.4) is 0 Å². The van der Waals surface area contributed by atoms with Crippen molar-refractivity contribution in [2.45, 2.75) is 39.5 Å². The van der Waals surface area contributed by atoms with Crippen molar-refractivity contribution in [1.82, 2.24) is 10.6 Å². The number of amides is 2. The van der Waals surface area contributed by atoms with Gasteiger partial charge in [-0.15, -0.1) is 0 Å². The molecule has 1 aliphatic rings. The van der Waals surface area contributed by atoms with Gasteiger partial charge in [0, 0.05) is 12.1 Å². The molecule has 3 rings (SSSR count). The molecule has 1 aliphatic heterocycles. The molecule has 8 heteroatoms. The van der Waals surface area contributed by atoms with E-state index in [1.54, 1.807) is 30.3 Å². The summed E-state index contributed by atoms with van der Waals surface area (Å²) in [5.74, 6) is -0.239. The van der Waals surface area contributed by atoms with E-state index < -0.39 is 24.0 Å². The van der Waals surface area contributed by atoms with Crippen molar-refractivity contribution in [2.75, 3.05) is 6.79 Å². The number of hydrogen-bond donors (Lipinski definition) is 2. The number of rotatable bonds is 7. The topological polar surface area (TPSA) is 103 Å². The lowest BCUT2D eigenvalue weighted by molar-refractivity contribution is -0.156. The third-order valence-corrected chi connectivity index (χ3v) is 4.55. The molecule has 8 nitrogen and oxygen atoms in total. The van der Waals surface area contributed by atoms with Crippen molar-refractivity contribution in [1.29, 1.82) is 0 Å². The fourth-order valence-electron chi connectivity index (χ4n) is 2.84. The summed E-state index contributed by atoms with van der Waals surface area (Å²) >= 11 is 0. The molecule has 0 radical (unpaired) electrons. The molecule has 2 aromatic carbocycles. The summed E-state index contributed by atoms with van der Waals surface area (Å²) in [6, 6.07) is 11.5. The van der Waals surface area contributed by atoms with Crippen LogP contribution in [-0.2, 0) is 20.9 Å². The molecule has 0 spiro atoms. The fourth-order valence-corrected chi connectivity index (χ4v) is 2.84. The molecule has 158 valence electrons. The zero-order valence-corrected chi connectivity index (χ0v) is 17.1. The zero-order valence-electron chi connectivity index (χ0n) is 17.1. The third kappa shape index (κ3) is 5.28. The first-order chi connectivity index (χ1) is 14.3. The molecule has 0 saturated heterocycles. The van der Waals surface area contributed by atoms with E-state index >= 15 is 0 Å². The van der Waals surface area contributed by atoms with E-state index in [4.69, 9.17) is 14.2 Å². The highest BCUT2D eigenvalue weighted by Gasteiger charge is 2.23. The zero-order chi connectivity index (χ0) is 21.7. The normalized spacial score (nSPS) is 13.8. The van der Waals surface area contributed by atoms with Crippen LogP contribution < -0.4 is 20.1 Å². The van der Waals surface area contributed by atoms with E-state index in [1.165, 1.54) is 13.8 Å². The summed E-state index contributed by atoms with van der Waals surface area (Å²) in [6.07, 6.45) is -1.01. The van der Waals surface area contributed by atoms with Crippen molar-refractivity contribution < 1.29 is 28.6 Å². The first-order valence-electron chi connectivity index (χ1n) is 9.58. The van der Waals surface area contributed by atoms with Gasteiger partial charge in [-0.2, -0.15) is 0 Å². The average Bonchev–Trinajstić information content (AvgIpc) is 3.19. The van der Waals surface area contributed by atoms with Crippen LogP contribution in [0.1, 0.15) is 35.3 Å². The predicted molar refractivity (Wildman–Crippen MR) is 108 cm³/mol. The number of benzene rings is 2. The molecule has 30 heavy (non-hydrogen) atoms. The van der Waals surface area contributed by atoms with Gasteiger partial charge in [-0.3, -0.25) is 9.59 Å². The Kier molecular flexibility index (Phi) is 6.56. The van der Waals surface area contributed by atoms with Crippen LogP contribution in [0.15, 0.2) is 42.5 Å². The predicted octanol–water partition coefficient (Wildman–Crippen LogP) is 2.09. The van der Waals surface area contributed by atoms with E-state index in [9.17, 15) is 14.4 Å². The molecular weight excluding hydrogens is 388 g/mol. The van der Waals surface area contributed by atoms with Gasteiger partial charge >= 0.3 is 5.97 Å². The van der Waals surface area contributed by atoms with Crippen molar-refractivity contribution in [3.8, 4) is 11.5 Å². The van der Waals surface area contributed by atoms with Gasteiger partial charge in [0.15, 0.2) is 17.6 Å². The number of carbonyl (C=O) groups excluding carboxylic acids is 3. The summed E-state index contributed by atoms with van der Waals surface area (Å²) in [5, 5.41) is 5.29. The molecule has 0 aromatic heterocycles. The largest absolute Gasteiger partial charge is 0.454 e. The minimum Gasteiger partial charge on any atom is -0.454 e. The smallest absolute Gasteiger partial charge is 0.329 e. The van der Waals surface area contributed by atoms with Gasteiger partial charge in [-0.05, 0) is 50.6 Å². The van der Waals surface area contributed by atoms with E-state index in [-0.39, 0.29) is 19.2 Å². The number of fused-ring (bicyclic) bond motifs is 1. The number of ether oxygens (including phenoxy) is 3. The van der Waals surface area contributed by atoms with Crippen LogP contribution in [0.5, 0.6) is 11.5 Å². The average molecular weight is 412 g/mol. The Bertz CT molecular complexity index is 958. The molecule has 0 bridgehead atoms. The van der Waals surface area contributed by atoms with Crippen LogP contribution in [-0.4, -0.2) is 36.7 Å². The van der Waals surface area contributed by atoms with Gasteiger partial charge in [0.25, 0.3) is 11.8 Å². The quantitative estimate of drug-likeness (QED) is 0.675. The second-order valence-corrected chi connectivity index (χ2v) is 7.05. The first kappa shape index (κ1) is 21.2. The maximum Gasteiger partial charge on any atom is 0.329 e. The standard InChI is InChI=1S/C22H24N2O6/c1-13-5-4-6-17(9-13)21(26)24-14(2)22(27)30-15(3)20(25)23-11-16-7-8-18-19(10-16)29-12-28-18/h4-10,14-15H,11-12H2,1-3H3,(H,23,25)(H,24,26)/t14-,15-/m1/s1. The summed E-state index contributed by atoms with van der Waals surface area (Å²) in [6.45, 7) is 5.28. The SMILES string of the molecule is Cc1cccc(C(=O)N[C@H](C)C(=O)O[C@H](C)C(=O)NCc2ccc3c(c2)OCO3)c1. The molecule has 0 unspecified atom stereocenters. The minimum absolute atomic E-state index is 0.177. The van der Waals surface area contributed by atoms with E-state index in [0.717, 1.165) is 11.1 Å². The minimum atomic E-state index is -1.01. The Hall–Kier alpha value is -3.55. The van der Waals surface area contributed by atoms with Crippen LogP contribution >= 0.6 is 0 Å². The maximum absolute atomic E-state index is 12.3. The second-order valence-electron chi connectivity index (χ2n) is 7.05. The molecule has 2 aromatic rings. The molecule has 2 amide bonds. The van der Waals surface area contributed by atoms with E-state index in [1.807, 2.05) is 19.1 Å². The van der Waals surface area contributed by atoms with Gasteiger partial charge in [0.2, 0.25) is 6.79 Å². The maximum atomic E-state index is 12.3. The molecule has 0 saturated carbocycles. The van der Waals surface area contributed by atoms with E-state index in [0.29, 0.717) is 17.1 Å². The summed E-state index contributed by atoms with van der Waals surface area (Å²) in [5.41, 5.74) is 2.21. The molecule has 0 aliphatic carbocycles. The molecule has 1 heterocycles. The Balaban J connectivity index is 1.46. The Morgan fingerprint density at radius 2 is 1.83 bits per heavy atom. The number of hydrogen-bond acceptors (Lipinski definition) is 6. The van der Waals surface area contributed by atoms with Crippen LogP contribution in [0.25, 0.3) is 0 Å². The highest BCUT2D eigenvalue weighted by molar-refractivity contribution is 5.97. The Morgan fingerprint density at radius 1 is 1.07 bits per heavy atom. The number of esters is 1. The molecule has 2 N–H and O–H groups in total. The van der Waals surface area contributed by atoms with Gasteiger partial charge in [-0.1, -0.05) is 23.8 Å². The lowest BCUT2D eigenvalue weighted by atomic mass is 10.1. The monoisotopic (exact) mass is 412 g/mol. The summed E-state index contributed by atoms with van der Waals surface area (Å²) in [7, 11) is 0. The van der Waals surface area contributed by atoms with Crippen molar-refractivity contribution in [3.63, 3.8) is 0 Å². The Labute approximate surface area is 174 Å². The van der Waals surface area contributed by atoms with Crippen LogP contribution in [0, 0.1) is 6.92 Å². The highest BCUT2D eigenvalue weighted by Crippen LogP contribution is 2.32. The lowest BCUT2D eigenvalue weighted by Gasteiger charge is -2.18. The Morgan fingerprint density at radius 3 is 2.60 bits per heavy atom. The number of carbonyl (C=O) groups is 3. The summed E-state index contributed by atoms with van der Waals surface area (Å²) in [4.78, 5) is 36.8. The van der Waals surface area contributed by atoms with Crippen molar-refractivity contribution in [2.24, 2.45) is 0 Å². The van der Waals surface area contributed by atoms with Crippen molar-refractivity contribution >= 4 is 17.8 Å². The first-order valence-corrected chi connectivity index (χ1v) is 9.58. The van der Waals surface area contributed by atoms with Gasteiger partial charge < -0.3 is 24.8 Å². The summed E-state index contributed by atoms with van der Waals surface area (Å²) < 4.78 is 15.7. The second kappa shape index (κ2) is 9.30. The molecule has 0 fully saturated rings. The number of nitrogens with one attached hydrogen (secondary N) is 2. The van der Waals surface area contributed by atoms with Crippen molar-refractivity contribution in [3.05, 3.63) is 59.2 Å². The van der Waals surface area contributed by atoms with Crippen LogP contribution in [0.2, 0.25) is 0 Å². The molecular formula is C22H24N2O6. The van der Waals surface area contributed by atoms with Gasteiger partial charge in [-0.25, -0.2) is 4.79 Å².